The Morgan fingerprint density at radius 2 is 1.95 bits per heavy atom. The number of likely N-dealkylation sites (tertiary alicyclic amines) is 1. The molecule has 5 nitrogen and oxygen atoms in total. The fraction of sp³-hybridized carbons (Fsp3) is 0.500. The van der Waals surface area contributed by atoms with E-state index < -0.39 is 12.1 Å². The molecule has 0 spiro atoms. The molecule has 0 bridgehead atoms. The van der Waals surface area contributed by atoms with Gasteiger partial charge in [0.15, 0.2) is 0 Å². The van der Waals surface area contributed by atoms with Crippen molar-refractivity contribution >= 4 is 12.1 Å². The molecule has 1 aromatic rings. The lowest BCUT2D eigenvalue weighted by molar-refractivity contribution is -0.149. The van der Waals surface area contributed by atoms with Crippen molar-refractivity contribution in [1.82, 2.24) is 4.90 Å². The van der Waals surface area contributed by atoms with Crippen molar-refractivity contribution in [2.24, 2.45) is 5.92 Å². The molecule has 1 amide bonds. The number of carbonyl (C=O) groups excluding carboxylic acids is 2. The van der Waals surface area contributed by atoms with Crippen molar-refractivity contribution < 1.29 is 19.1 Å². The van der Waals surface area contributed by atoms with Crippen LogP contribution < -0.4 is 0 Å². The van der Waals surface area contributed by atoms with E-state index >= 15 is 0 Å². The number of amides is 1. The molecule has 1 aliphatic rings. The van der Waals surface area contributed by atoms with Crippen molar-refractivity contribution in [2.45, 2.75) is 32.9 Å². The summed E-state index contributed by atoms with van der Waals surface area (Å²) in [6.07, 6.45) is 0.324. The average molecular weight is 291 g/mol. The van der Waals surface area contributed by atoms with E-state index in [1.807, 2.05) is 37.3 Å². The number of rotatable bonds is 4. The van der Waals surface area contributed by atoms with Crippen LogP contribution in [0.25, 0.3) is 0 Å². The van der Waals surface area contributed by atoms with Gasteiger partial charge in [0.25, 0.3) is 0 Å². The van der Waals surface area contributed by atoms with Crippen LogP contribution in [0.5, 0.6) is 0 Å². The lowest BCUT2D eigenvalue weighted by Gasteiger charge is -2.24. The second-order valence-corrected chi connectivity index (χ2v) is 5.20. The van der Waals surface area contributed by atoms with Crippen molar-refractivity contribution in [3.63, 3.8) is 0 Å². The Morgan fingerprint density at radius 1 is 1.24 bits per heavy atom. The molecular formula is C16H21NO4. The molecule has 1 heterocycles. The predicted molar refractivity (Wildman–Crippen MR) is 77.5 cm³/mol. The van der Waals surface area contributed by atoms with Gasteiger partial charge in [0.2, 0.25) is 0 Å². The Labute approximate surface area is 124 Å². The van der Waals surface area contributed by atoms with Gasteiger partial charge in [-0.25, -0.2) is 9.59 Å². The lowest BCUT2D eigenvalue weighted by Crippen LogP contribution is -2.44. The Bertz CT molecular complexity index is 488. The Balaban J connectivity index is 1.95. The molecule has 114 valence electrons. The van der Waals surface area contributed by atoms with Crippen molar-refractivity contribution in [1.29, 1.82) is 0 Å². The molecule has 0 unspecified atom stereocenters. The zero-order valence-corrected chi connectivity index (χ0v) is 12.5. The van der Waals surface area contributed by atoms with Crippen LogP contribution in [0.3, 0.4) is 0 Å². The van der Waals surface area contributed by atoms with Crippen LogP contribution in [0.1, 0.15) is 25.8 Å². The monoisotopic (exact) mass is 291 g/mol. The largest absolute Gasteiger partial charge is 0.464 e. The first-order valence-electron chi connectivity index (χ1n) is 7.27. The Hall–Kier alpha value is -2.04. The normalized spacial score (nSPS) is 21.1. The third-order valence-electron chi connectivity index (χ3n) is 3.67. The zero-order valence-electron chi connectivity index (χ0n) is 12.5. The highest BCUT2D eigenvalue weighted by molar-refractivity contribution is 5.82. The molecule has 2 atom stereocenters. The minimum Gasteiger partial charge on any atom is -0.464 e. The van der Waals surface area contributed by atoms with Gasteiger partial charge >= 0.3 is 12.1 Å². The minimum atomic E-state index is -0.534. The Kier molecular flexibility index (Phi) is 5.20. The predicted octanol–water partition coefficient (Wildman–Crippen LogP) is 2.60. The first-order chi connectivity index (χ1) is 10.1. The smallest absolute Gasteiger partial charge is 0.410 e. The molecule has 1 fully saturated rings. The summed E-state index contributed by atoms with van der Waals surface area (Å²) in [4.78, 5) is 25.6. The second-order valence-electron chi connectivity index (χ2n) is 5.20. The summed E-state index contributed by atoms with van der Waals surface area (Å²) in [6, 6.07) is 8.94. The number of hydrogen-bond donors (Lipinski definition) is 0. The molecule has 0 N–H and O–H groups in total. The summed E-state index contributed by atoms with van der Waals surface area (Å²) in [5.41, 5.74) is 0.922. The maximum absolute atomic E-state index is 12.2. The Morgan fingerprint density at radius 3 is 2.62 bits per heavy atom. The van der Waals surface area contributed by atoms with Gasteiger partial charge in [0.1, 0.15) is 12.6 Å². The van der Waals surface area contributed by atoms with Gasteiger partial charge in [-0.3, -0.25) is 4.90 Å². The lowest BCUT2D eigenvalue weighted by atomic mass is 10.0. The van der Waals surface area contributed by atoms with Crippen LogP contribution in [0.15, 0.2) is 30.3 Å². The maximum Gasteiger partial charge on any atom is 0.410 e. The SMILES string of the molecule is CCOC(=O)[C@@H]1[C@H](C)CCN1C(=O)OCc1ccccc1. The van der Waals surface area contributed by atoms with E-state index in [1.165, 1.54) is 4.90 Å². The second kappa shape index (κ2) is 7.11. The third-order valence-corrected chi connectivity index (χ3v) is 3.67. The van der Waals surface area contributed by atoms with E-state index in [0.29, 0.717) is 13.2 Å². The molecule has 0 saturated carbocycles. The van der Waals surface area contributed by atoms with Gasteiger partial charge in [-0.2, -0.15) is 0 Å². The van der Waals surface area contributed by atoms with Crippen LogP contribution in [-0.4, -0.2) is 36.2 Å². The summed E-state index contributed by atoms with van der Waals surface area (Å²) in [5, 5.41) is 0. The van der Waals surface area contributed by atoms with E-state index in [9.17, 15) is 9.59 Å². The van der Waals surface area contributed by atoms with Crippen molar-refractivity contribution in [3.05, 3.63) is 35.9 Å². The van der Waals surface area contributed by atoms with E-state index in [4.69, 9.17) is 9.47 Å². The van der Waals surface area contributed by atoms with Crippen LogP contribution in [-0.2, 0) is 20.9 Å². The number of nitrogens with zero attached hydrogens (tertiary/aromatic N) is 1. The topological polar surface area (TPSA) is 55.8 Å². The first kappa shape index (κ1) is 15.4. The third kappa shape index (κ3) is 3.74. The zero-order chi connectivity index (χ0) is 15.2. The first-order valence-corrected chi connectivity index (χ1v) is 7.27. The summed E-state index contributed by atoms with van der Waals surface area (Å²) in [6.45, 7) is 4.76. The molecule has 1 saturated heterocycles. The molecular weight excluding hydrogens is 270 g/mol. The molecule has 1 aromatic carbocycles. The van der Waals surface area contributed by atoms with E-state index in [1.54, 1.807) is 6.92 Å². The summed E-state index contributed by atoms with van der Waals surface area (Å²) >= 11 is 0. The average Bonchev–Trinajstić information content (AvgIpc) is 2.88. The highest BCUT2D eigenvalue weighted by Crippen LogP contribution is 2.26. The molecule has 0 aliphatic carbocycles. The number of carbonyl (C=O) groups is 2. The van der Waals surface area contributed by atoms with Gasteiger partial charge in [0.05, 0.1) is 6.61 Å². The van der Waals surface area contributed by atoms with E-state index in [2.05, 4.69) is 0 Å². The minimum absolute atomic E-state index is 0.0910. The maximum atomic E-state index is 12.2. The quantitative estimate of drug-likeness (QED) is 0.800. The molecule has 0 radical (unpaired) electrons. The fourth-order valence-corrected chi connectivity index (χ4v) is 2.54. The van der Waals surface area contributed by atoms with Crippen LogP contribution in [0.4, 0.5) is 4.79 Å². The number of benzene rings is 1. The van der Waals surface area contributed by atoms with Gasteiger partial charge < -0.3 is 9.47 Å². The van der Waals surface area contributed by atoms with Crippen molar-refractivity contribution in [2.75, 3.05) is 13.2 Å². The molecule has 0 aromatic heterocycles. The molecule has 21 heavy (non-hydrogen) atoms. The van der Waals surface area contributed by atoms with E-state index in [0.717, 1.165) is 12.0 Å². The molecule has 2 rings (SSSR count). The van der Waals surface area contributed by atoms with Crippen LogP contribution >= 0.6 is 0 Å². The number of hydrogen-bond acceptors (Lipinski definition) is 4. The highest BCUT2D eigenvalue weighted by atomic mass is 16.6. The molecule has 5 heteroatoms. The number of ether oxygens (including phenoxy) is 2. The highest BCUT2D eigenvalue weighted by Gasteiger charge is 2.41. The summed E-state index contributed by atoms with van der Waals surface area (Å²) in [7, 11) is 0. The molecule has 1 aliphatic heterocycles. The number of esters is 1. The van der Waals surface area contributed by atoms with Crippen LogP contribution in [0.2, 0.25) is 0 Å². The van der Waals surface area contributed by atoms with Gasteiger partial charge in [-0.15, -0.1) is 0 Å². The van der Waals surface area contributed by atoms with Crippen molar-refractivity contribution in [3.8, 4) is 0 Å². The van der Waals surface area contributed by atoms with Crippen LogP contribution in [0, 0.1) is 5.92 Å². The van der Waals surface area contributed by atoms with E-state index in [-0.39, 0.29) is 18.5 Å². The standard InChI is InChI=1S/C16H21NO4/c1-3-20-15(18)14-12(2)9-10-17(14)16(19)21-11-13-7-5-4-6-8-13/h4-8,12,14H,3,9-11H2,1-2H3/t12-,14+/m1/s1. The fourth-order valence-electron chi connectivity index (χ4n) is 2.54. The van der Waals surface area contributed by atoms with Gasteiger partial charge in [-0.05, 0) is 24.8 Å². The van der Waals surface area contributed by atoms with Gasteiger partial charge in [-0.1, -0.05) is 37.3 Å². The summed E-state index contributed by atoms with van der Waals surface area (Å²) in [5.74, 6) is -0.257. The summed E-state index contributed by atoms with van der Waals surface area (Å²) < 4.78 is 10.3. The van der Waals surface area contributed by atoms with Gasteiger partial charge in [0, 0.05) is 6.54 Å².